The third-order valence-corrected chi connectivity index (χ3v) is 3.39. The van der Waals surface area contributed by atoms with Gasteiger partial charge in [-0.05, 0) is 35.4 Å². The molecule has 5 nitrogen and oxygen atoms in total. The summed E-state index contributed by atoms with van der Waals surface area (Å²) in [5, 5.41) is 9.10. The van der Waals surface area contributed by atoms with Gasteiger partial charge in [-0.1, -0.05) is 29.8 Å². The second-order valence-electron chi connectivity index (χ2n) is 4.82. The van der Waals surface area contributed by atoms with Crippen molar-refractivity contribution >= 4 is 23.5 Å². The molecule has 0 aliphatic rings. The van der Waals surface area contributed by atoms with Gasteiger partial charge in [0.15, 0.2) is 0 Å². The quantitative estimate of drug-likeness (QED) is 0.820. The minimum Gasteiger partial charge on any atom is -0.487 e. The van der Waals surface area contributed by atoms with Gasteiger partial charge in [-0.3, -0.25) is 4.79 Å². The maximum absolute atomic E-state index is 11.5. The van der Waals surface area contributed by atoms with Crippen LogP contribution in [0.25, 0.3) is 0 Å². The Bertz CT molecular complexity index is 727. The summed E-state index contributed by atoms with van der Waals surface area (Å²) in [6.07, 6.45) is -0.0961. The van der Waals surface area contributed by atoms with E-state index in [9.17, 15) is 9.59 Å². The highest BCUT2D eigenvalue weighted by atomic mass is 35.5. The predicted octanol–water partition coefficient (Wildman–Crippen LogP) is 3.33. The van der Waals surface area contributed by atoms with Crippen LogP contribution in [0.15, 0.2) is 42.5 Å². The molecule has 0 saturated carbocycles. The fourth-order valence-corrected chi connectivity index (χ4v) is 2.27. The number of carbonyl (C=O) groups excluding carboxylic acids is 1. The van der Waals surface area contributed by atoms with E-state index in [1.54, 1.807) is 36.4 Å². The molecule has 0 aliphatic heterocycles. The fourth-order valence-electron chi connectivity index (χ4n) is 2.01. The molecular weight excluding hydrogens is 320 g/mol. The number of ether oxygens (including phenoxy) is 2. The van der Waals surface area contributed by atoms with Gasteiger partial charge in [0.25, 0.3) is 0 Å². The molecule has 0 bridgehead atoms. The number of carboxylic acid groups (broad SMARTS) is 1. The molecule has 0 unspecified atom stereocenters. The van der Waals surface area contributed by atoms with Gasteiger partial charge in [0.05, 0.1) is 24.1 Å². The van der Waals surface area contributed by atoms with Crippen LogP contribution in [0.5, 0.6) is 5.75 Å². The number of esters is 1. The van der Waals surface area contributed by atoms with Crippen LogP contribution in [0.3, 0.4) is 0 Å². The number of rotatable bonds is 6. The summed E-state index contributed by atoms with van der Waals surface area (Å²) in [7, 11) is 1.32. The summed E-state index contributed by atoms with van der Waals surface area (Å²) in [6.45, 7) is 0.225. The van der Waals surface area contributed by atoms with Crippen molar-refractivity contribution in [1.29, 1.82) is 0 Å². The standard InChI is InChI=1S/C17H15ClO5/c1-22-17(21)13-4-2-3-12(7-13)10-23-15-6-5-11(8-14(15)18)9-16(19)20/h2-8H,9-10H2,1H3,(H,19,20). The van der Waals surface area contributed by atoms with E-state index in [-0.39, 0.29) is 13.0 Å². The molecule has 0 amide bonds. The van der Waals surface area contributed by atoms with E-state index < -0.39 is 11.9 Å². The highest BCUT2D eigenvalue weighted by Gasteiger charge is 2.08. The van der Waals surface area contributed by atoms with Crippen molar-refractivity contribution in [2.75, 3.05) is 7.11 Å². The number of carbonyl (C=O) groups is 2. The molecule has 2 aromatic rings. The van der Waals surface area contributed by atoms with Crippen LogP contribution in [0, 0.1) is 0 Å². The van der Waals surface area contributed by atoms with E-state index in [1.807, 2.05) is 6.07 Å². The molecule has 0 heterocycles. The maximum atomic E-state index is 11.5. The first-order chi connectivity index (χ1) is 11.0. The van der Waals surface area contributed by atoms with Gasteiger partial charge in [-0.25, -0.2) is 4.79 Å². The lowest BCUT2D eigenvalue weighted by Crippen LogP contribution is -2.03. The van der Waals surface area contributed by atoms with E-state index in [0.717, 1.165) is 5.56 Å². The van der Waals surface area contributed by atoms with Gasteiger partial charge < -0.3 is 14.6 Å². The molecule has 0 aliphatic carbocycles. The molecule has 0 atom stereocenters. The maximum Gasteiger partial charge on any atom is 0.337 e. The first-order valence-corrected chi connectivity index (χ1v) is 7.17. The average Bonchev–Trinajstić information content (AvgIpc) is 2.53. The molecule has 0 aromatic heterocycles. The van der Waals surface area contributed by atoms with Crippen LogP contribution in [0.1, 0.15) is 21.5 Å². The molecule has 1 N–H and O–H groups in total. The van der Waals surface area contributed by atoms with Crippen LogP contribution in [-0.2, 0) is 22.6 Å². The Hall–Kier alpha value is -2.53. The summed E-state index contributed by atoms with van der Waals surface area (Å²) in [5.74, 6) is -0.887. The van der Waals surface area contributed by atoms with Crippen molar-refractivity contribution < 1.29 is 24.2 Å². The Kier molecular flexibility index (Phi) is 5.60. The van der Waals surface area contributed by atoms with Crippen LogP contribution < -0.4 is 4.74 Å². The first-order valence-electron chi connectivity index (χ1n) is 6.80. The summed E-state index contributed by atoms with van der Waals surface area (Å²) in [4.78, 5) is 22.2. The zero-order chi connectivity index (χ0) is 16.8. The zero-order valence-corrected chi connectivity index (χ0v) is 13.2. The van der Waals surface area contributed by atoms with E-state index in [0.29, 0.717) is 21.9 Å². The first kappa shape index (κ1) is 16.8. The average molecular weight is 335 g/mol. The van der Waals surface area contributed by atoms with E-state index in [4.69, 9.17) is 21.4 Å². The van der Waals surface area contributed by atoms with Gasteiger partial charge in [0.1, 0.15) is 12.4 Å². The van der Waals surface area contributed by atoms with Crippen molar-refractivity contribution in [2.45, 2.75) is 13.0 Å². The number of halogens is 1. The normalized spacial score (nSPS) is 10.2. The second kappa shape index (κ2) is 7.65. The molecule has 0 fully saturated rings. The largest absolute Gasteiger partial charge is 0.487 e. The Morgan fingerprint density at radius 2 is 1.91 bits per heavy atom. The molecule has 120 valence electrons. The minimum atomic E-state index is -0.922. The highest BCUT2D eigenvalue weighted by Crippen LogP contribution is 2.26. The highest BCUT2D eigenvalue weighted by molar-refractivity contribution is 6.32. The zero-order valence-electron chi connectivity index (χ0n) is 12.4. The minimum absolute atomic E-state index is 0.0961. The van der Waals surface area contributed by atoms with Crippen LogP contribution in [-0.4, -0.2) is 24.2 Å². The molecular formula is C17H15ClO5. The second-order valence-corrected chi connectivity index (χ2v) is 5.22. The number of aliphatic carboxylic acids is 1. The van der Waals surface area contributed by atoms with Crippen LogP contribution >= 0.6 is 11.6 Å². The van der Waals surface area contributed by atoms with Gasteiger partial charge in [-0.15, -0.1) is 0 Å². The van der Waals surface area contributed by atoms with Crippen molar-refractivity contribution in [1.82, 2.24) is 0 Å². The molecule has 23 heavy (non-hydrogen) atoms. The summed E-state index contributed by atoms with van der Waals surface area (Å²) in [5.41, 5.74) is 1.83. The third-order valence-electron chi connectivity index (χ3n) is 3.09. The number of methoxy groups -OCH3 is 1. The SMILES string of the molecule is COC(=O)c1cccc(COc2ccc(CC(=O)O)cc2Cl)c1. The van der Waals surface area contributed by atoms with Gasteiger partial charge >= 0.3 is 11.9 Å². The summed E-state index contributed by atoms with van der Waals surface area (Å²) in [6, 6.07) is 11.7. The number of hydrogen-bond acceptors (Lipinski definition) is 4. The Balaban J connectivity index is 2.06. The van der Waals surface area contributed by atoms with E-state index in [2.05, 4.69) is 4.74 Å². The smallest absolute Gasteiger partial charge is 0.337 e. The molecule has 2 rings (SSSR count). The van der Waals surface area contributed by atoms with Crippen molar-refractivity contribution in [3.63, 3.8) is 0 Å². The summed E-state index contributed by atoms with van der Waals surface area (Å²) >= 11 is 6.09. The summed E-state index contributed by atoms with van der Waals surface area (Å²) < 4.78 is 10.3. The van der Waals surface area contributed by atoms with Crippen molar-refractivity contribution in [2.24, 2.45) is 0 Å². The molecule has 0 spiro atoms. The monoisotopic (exact) mass is 334 g/mol. The number of benzene rings is 2. The van der Waals surface area contributed by atoms with Gasteiger partial charge in [-0.2, -0.15) is 0 Å². The Labute approximate surface area is 138 Å². The van der Waals surface area contributed by atoms with Crippen LogP contribution in [0.2, 0.25) is 5.02 Å². The topological polar surface area (TPSA) is 72.8 Å². The molecule has 0 radical (unpaired) electrons. The third kappa shape index (κ3) is 4.72. The van der Waals surface area contributed by atoms with E-state index in [1.165, 1.54) is 7.11 Å². The molecule has 0 saturated heterocycles. The lowest BCUT2D eigenvalue weighted by Gasteiger charge is -2.10. The van der Waals surface area contributed by atoms with Crippen LogP contribution in [0.4, 0.5) is 0 Å². The Morgan fingerprint density at radius 1 is 1.13 bits per heavy atom. The van der Waals surface area contributed by atoms with Crippen molar-refractivity contribution in [3.05, 3.63) is 64.2 Å². The number of carboxylic acids is 1. The van der Waals surface area contributed by atoms with Gasteiger partial charge in [0.2, 0.25) is 0 Å². The number of hydrogen-bond donors (Lipinski definition) is 1. The molecule has 6 heteroatoms. The van der Waals surface area contributed by atoms with Crippen molar-refractivity contribution in [3.8, 4) is 5.75 Å². The molecule has 2 aromatic carbocycles. The van der Waals surface area contributed by atoms with E-state index >= 15 is 0 Å². The Morgan fingerprint density at radius 3 is 2.57 bits per heavy atom. The predicted molar refractivity (Wildman–Crippen MR) is 84.9 cm³/mol. The lowest BCUT2D eigenvalue weighted by atomic mass is 10.1. The van der Waals surface area contributed by atoms with Gasteiger partial charge in [0, 0.05) is 0 Å². The lowest BCUT2D eigenvalue weighted by molar-refractivity contribution is -0.136. The fraction of sp³-hybridized carbons (Fsp3) is 0.176.